The maximum absolute atomic E-state index is 12.9. The van der Waals surface area contributed by atoms with E-state index in [-0.39, 0.29) is 34.7 Å². The number of rotatable bonds is 10. The highest BCUT2D eigenvalue weighted by molar-refractivity contribution is 5.75. The number of ether oxygens (including phenoxy) is 1. The summed E-state index contributed by atoms with van der Waals surface area (Å²) in [6, 6.07) is 0. The van der Waals surface area contributed by atoms with Crippen molar-refractivity contribution in [3.63, 3.8) is 0 Å². The monoisotopic (exact) mass is 636 g/mol. The first kappa shape index (κ1) is 35.4. The first-order chi connectivity index (χ1) is 21.6. The van der Waals surface area contributed by atoms with Crippen LogP contribution in [0.1, 0.15) is 126 Å². The second-order valence-corrected chi connectivity index (χ2v) is 17.6. The summed E-state index contributed by atoms with van der Waals surface area (Å²) >= 11 is 0. The molecule has 9 atom stereocenters. The molecule has 0 radical (unpaired) electrons. The number of nitrogens with zero attached hydrogens (tertiary/aromatic N) is 2. The van der Waals surface area contributed by atoms with Crippen LogP contribution >= 0.6 is 0 Å². The molecule has 0 aromatic carbocycles. The van der Waals surface area contributed by atoms with E-state index in [0.717, 1.165) is 51.2 Å². The van der Waals surface area contributed by atoms with Crippen LogP contribution in [0.5, 0.6) is 0 Å². The van der Waals surface area contributed by atoms with Gasteiger partial charge in [0.2, 0.25) is 0 Å². The minimum absolute atomic E-state index is 0.0426. The van der Waals surface area contributed by atoms with Gasteiger partial charge < -0.3 is 14.5 Å². The number of fused-ring (bicyclic) bond motifs is 7. The third-order valence-electron chi connectivity index (χ3n) is 14.6. The maximum Gasteiger partial charge on any atom is 0.307 e. The Morgan fingerprint density at radius 1 is 0.978 bits per heavy atom. The smallest absolute Gasteiger partial charge is 0.307 e. The molecule has 0 heterocycles. The molecule has 5 rings (SSSR count). The molecule has 0 amide bonds. The third kappa shape index (κ3) is 5.64. The van der Waals surface area contributed by atoms with E-state index >= 15 is 0 Å². The Kier molecular flexibility index (Phi) is 9.86. The second-order valence-electron chi connectivity index (χ2n) is 17.6. The molecule has 4 fully saturated rings. The van der Waals surface area contributed by atoms with Crippen LogP contribution in [0.15, 0.2) is 22.9 Å². The van der Waals surface area contributed by atoms with Crippen LogP contribution in [-0.4, -0.2) is 55.3 Å². The molecule has 0 N–H and O–H groups in total. The van der Waals surface area contributed by atoms with E-state index in [9.17, 15) is 14.4 Å². The van der Waals surface area contributed by atoms with E-state index in [0.29, 0.717) is 35.5 Å². The van der Waals surface area contributed by atoms with E-state index in [1.807, 2.05) is 19.9 Å². The molecule has 258 valence electrons. The van der Waals surface area contributed by atoms with Crippen LogP contribution in [-0.2, 0) is 19.1 Å². The zero-order valence-corrected chi connectivity index (χ0v) is 30.8. The Hall–Kier alpha value is -1.95. The van der Waals surface area contributed by atoms with Crippen molar-refractivity contribution < 1.29 is 19.1 Å². The zero-order valence-electron chi connectivity index (χ0n) is 30.8. The predicted molar refractivity (Wildman–Crippen MR) is 184 cm³/mol. The molecule has 5 aliphatic carbocycles. The second kappa shape index (κ2) is 12.8. The van der Waals surface area contributed by atoms with Gasteiger partial charge in [0.05, 0.1) is 6.42 Å². The summed E-state index contributed by atoms with van der Waals surface area (Å²) in [6.45, 7) is 19.1. The van der Waals surface area contributed by atoms with Gasteiger partial charge >= 0.3 is 5.97 Å². The predicted octanol–water partition coefficient (Wildman–Crippen LogP) is 8.42. The molecule has 0 aromatic heterocycles. The third-order valence-corrected chi connectivity index (χ3v) is 14.6. The quantitative estimate of drug-likeness (QED) is 0.0789. The highest BCUT2D eigenvalue weighted by Crippen LogP contribution is 2.72. The summed E-state index contributed by atoms with van der Waals surface area (Å²) in [7, 11) is 4.29. The van der Waals surface area contributed by atoms with Crippen LogP contribution < -0.4 is 0 Å². The Balaban J connectivity index is 1.43. The van der Waals surface area contributed by atoms with Crippen LogP contribution in [0.4, 0.5) is 0 Å². The molecular weight excluding hydrogens is 572 g/mol. The van der Waals surface area contributed by atoms with Crippen LogP contribution in [0.3, 0.4) is 0 Å². The Morgan fingerprint density at radius 3 is 2.26 bits per heavy atom. The van der Waals surface area contributed by atoms with Crippen LogP contribution in [0.25, 0.3) is 0 Å². The highest BCUT2D eigenvalue weighted by Gasteiger charge is 2.65. The number of aldehydes is 2. The van der Waals surface area contributed by atoms with Gasteiger partial charge in [0.15, 0.2) is 0 Å². The van der Waals surface area contributed by atoms with Crippen molar-refractivity contribution in [3.8, 4) is 0 Å². The number of hydrazine groups is 1. The first-order valence-electron chi connectivity index (χ1n) is 18.6. The van der Waals surface area contributed by atoms with Crippen molar-refractivity contribution >= 4 is 18.5 Å². The fraction of sp³-hybridized carbons (Fsp3) is 0.825. The summed E-state index contributed by atoms with van der Waals surface area (Å²) in [5.41, 5.74) is 4.41. The van der Waals surface area contributed by atoms with E-state index < -0.39 is 5.41 Å². The number of esters is 1. The number of carbonyl (C=O) groups excluding carboxylic acids is 3. The van der Waals surface area contributed by atoms with Crippen LogP contribution in [0.2, 0.25) is 0 Å². The zero-order chi connectivity index (χ0) is 33.8. The summed E-state index contributed by atoms with van der Waals surface area (Å²) in [4.78, 5) is 36.5. The summed E-state index contributed by atoms with van der Waals surface area (Å²) < 4.78 is 6.12. The lowest BCUT2D eigenvalue weighted by molar-refractivity contribution is -0.191. The molecule has 9 unspecified atom stereocenters. The standard InChI is InChI=1S/C40H64N2O4/c1-11-41(9)42(10)34(18-23-43)40-21-14-28(26(2)3)36(40)29-12-13-33-38(7)20-17-32(46-35(45)24-37(5,6)25-44)27(4)30(38)15-19-39(33,8)31(29)16-22-40/h18,23,25-27,29-33H,11-17,19-22,24H2,1-10H3/b34-18-. The van der Waals surface area contributed by atoms with Gasteiger partial charge in [-0.1, -0.05) is 66.5 Å². The summed E-state index contributed by atoms with van der Waals surface area (Å²) in [6.07, 6.45) is 15.5. The fourth-order valence-corrected chi connectivity index (χ4v) is 12.2. The lowest BCUT2D eigenvalue weighted by Crippen LogP contribution is -2.61. The number of allylic oxidation sites excluding steroid dienone is 3. The van der Waals surface area contributed by atoms with E-state index in [1.165, 1.54) is 37.8 Å². The topological polar surface area (TPSA) is 66.9 Å². The lowest BCUT2D eigenvalue weighted by Gasteiger charge is -2.67. The average molecular weight is 637 g/mol. The van der Waals surface area contributed by atoms with Gasteiger partial charge in [-0.3, -0.25) is 9.59 Å². The van der Waals surface area contributed by atoms with Gasteiger partial charge in [-0.05, 0) is 117 Å². The Morgan fingerprint density at radius 2 is 1.63 bits per heavy atom. The van der Waals surface area contributed by atoms with E-state index in [2.05, 4.69) is 65.7 Å². The van der Waals surface area contributed by atoms with Crippen LogP contribution in [0, 0.1) is 57.2 Å². The molecule has 0 saturated heterocycles. The highest BCUT2D eigenvalue weighted by atomic mass is 16.5. The Bertz CT molecular complexity index is 1250. The first-order valence-corrected chi connectivity index (χ1v) is 18.6. The molecule has 46 heavy (non-hydrogen) atoms. The SMILES string of the molecule is CCN(C)N(C)/C(=C\C=O)C12CCC(C(C)C)=C1C1CCC3C(C)(CCC4C(C)C(OC(=O)CC(C)(C)C=O)CCC43C)C1CC2. The van der Waals surface area contributed by atoms with Gasteiger partial charge in [-0.25, -0.2) is 5.01 Å². The van der Waals surface area contributed by atoms with Crippen molar-refractivity contribution in [3.05, 3.63) is 22.9 Å². The number of carbonyl (C=O) groups is 3. The molecule has 4 saturated carbocycles. The van der Waals surface area contributed by atoms with Crippen molar-refractivity contribution in [2.45, 2.75) is 132 Å². The van der Waals surface area contributed by atoms with Gasteiger partial charge in [-0.2, -0.15) is 0 Å². The summed E-state index contributed by atoms with van der Waals surface area (Å²) in [5, 5.41) is 4.53. The van der Waals surface area contributed by atoms with Crippen molar-refractivity contribution in [2.75, 3.05) is 20.6 Å². The molecule has 0 bridgehead atoms. The molecule has 6 nitrogen and oxygen atoms in total. The van der Waals surface area contributed by atoms with E-state index in [4.69, 9.17) is 4.74 Å². The molecule has 6 heteroatoms. The van der Waals surface area contributed by atoms with Crippen molar-refractivity contribution in [1.82, 2.24) is 10.0 Å². The molecule has 5 aliphatic rings. The minimum atomic E-state index is -0.679. The van der Waals surface area contributed by atoms with Gasteiger partial charge in [0, 0.05) is 37.2 Å². The molecular formula is C40H64N2O4. The lowest BCUT2D eigenvalue weighted by atomic mass is 9.38. The van der Waals surface area contributed by atoms with E-state index in [1.54, 1.807) is 11.1 Å². The van der Waals surface area contributed by atoms with Gasteiger partial charge in [-0.15, -0.1) is 0 Å². The average Bonchev–Trinajstić information content (AvgIpc) is 3.41. The molecule has 0 aromatic rings. The molecule has 0 spiro atoms. The summed E-state index contributed by atoms with van der Waals surface area (Å²) in [5.74, 6) is 3.10. The minimum Gasteiger partial charge on any atom is -0.462 e. The largest absolute Gasteiger partial charge is 0.462 e. The maximum atomic E-state index is 12.9. The number of hydrogen-bond acceptors (Lipinski definition) is 6. The van der Waals surface area contributed by atoms with Crippen molar-refractivity contribution in [2.24, 2.45) is 57.2 Å². The van der Waals surface area contributed by atoms with Gasteiger partial charge in [0.1, 0.15) is 18.7 Å². The normalized spacial score (nSPS) is 39.3. The Labute approximate surface area is 280 Å². The fourth-order valence-electron chi connectivity index (χ4n) is 12.2. The van der Waals surface area contributed by atoms with Gasteiger partial charge in [0.25, 0.3) is 0 Å². The molecule has 0 aliphatic heterocycles. The van der Waals surface area contributed by atoms with Crippen molar-refractivity contribution in [1.29, 1.82) is 0 Å². The number of hydrogen-bond donors (Lipinski definition) is 0.